The van der Waals surface area contributed by atoms with Crippen molar-refractivity contribution >= 4 is 6.09 Å². The lowest BCUT2D eigenvalue weighted by Gasteiger charge is -2.45. The minimum absolute atomic E-state index is 0.0469. The van der Waals surface area contributed by atoms with Gasteiger partial charge in [-0.25, -0.2) is 19.4 Å². The third kappa shape index (κ3) is 3.89. The summed E-state index contributed by atoms with van der Waals surface area (Å²) in [6.45, 7) is 5.28. The second-order valence-electron chi connectivity index (χ2n) is 9.15. The Bertz CT molecular complexity index is 969. The monoisotopic (exact) mass is 439 g/mol. The fourth-order valence-corrected chi connectivity index (χ4v) is 5.39. The summed E-state index contributed by atoms with van der Waals surface area (Å²) in [5, 5.41) is 4.60. The van der Waals surface area contributed by atoms with E-state index in [4.69, 9.17) is 19.4 Å². The molecule has 8 heteroatoms. The molecule has 172 valence electrons. The van der Waals surface area contributed by atoms with Gasteiger partial charge in [0.25, 0.3) is 0 Å². The summed E-state index contributed by atoms with van der Waals surface area (Å²) in [6.07, 6.45) is 10.4. The third-order valence-corrected chi connectivity index (χ3v) is 6.93. The van der Waals surface area contributed by atoms with E-state index < -0.39 is 0 Å². The Morgan fingerprint density at radius 1 is 1.22 bits per heavy atom. The zero-order valence-electron chi connectivity index (χ0n) is 19.1. The van der Waals surface area contributed by atoms with Crippen LogP contribution in [0.2, 0.25) is 0 Å². The van der Waals surface area contributed by atoms with Gasteiger partial charge in [-0.1, -0.05) is 13.3 Å². The summed E-state index contributed by atoms with van der Waals surface area (Å²) in [7, 11) is 0. The molecule has 3 aliphatic heterocycles. The van der Waals surface area contributed by atoms with Crippen molar-refractivity contribution in [3.05, 3.63) is 29.3 Å². The average Bonchev–Trinajstić information content (AvgIpc) is 3.29. The number of unbranched alkanes of at least 4 members (excludes halogenated alkanes) is 1. The highest BCUT2D eigenvalue weighted by molar-refractivity contribution is 5.71. The van der Waals surface area contributed by atoms with Gasteiger partial charge in [0.2, 0.25) is 0 Å². The lowest BCUT2D eigenvalue weighted by Crippen LogP contribution is -2.50. The molecule has 3 unspecified atom stereocenters. The van der Waals surface area contributed by atoms with E-state index in [1.165, 1.54) is 0 Å². The van der Waals surface area contributed by atoms with Crippen LogP contribution in [-0.4, -0.2) is 50.0 Å². The lowest BCUT2D eigenvalue weighted by molar-refractivity contribution is -0.0384. The highest BCUT2D eigenvalue weighted by Gasteiger charge is 2.43. The Labute approximate surface area is 189 Å². The number of fused-ring (bicyclic) bond motifs is 4. The molecule has 0 N–H and O–H groups in total. The van der Waals surface area contributed by atoms with E-state index in [-0.39, 0.29) is 24.4 Å². The zero-order valence-corrected chi connectivity index (χ0v) is 19.1. The fraction of sp³-hybridized carbons (Fsp3) is 0.667. The van der Waals surface area contributed by atoms with E-state index in [9.17, 15) is 4.79 Å². The van der Waals surface area contributed by atoms with Gasteiger partial charge in [0, 0.05) is 24.4 Å². The number of carbonyl (C=O) groups is 1. The molecule has 3 atom stereocenters. The molecule has 2 saturated heterocycles. The predicted octanol–water partition coefficient (Wildman–Crippen LogP) is 4.74. The first-order chi connectivity index (χ1) is 15.7. The maximum absolute atomic E-state index is 13.0. The molecule has 0 spiro atoms. The molecule has 32 heavy (non-hydrogen) atoms. The van der Waals surface area contributed by atoms with Gasteiger partial charge in [0.05, 0.1) is 29.7 Å². The predicted molar refractivity (Wildman–Crippen MR) is 119 cm³/mol. The summed E-state index contributed by atoms with van der Waals surface area (Å²) in [6, 6.07) is 2.11. The van der Waals surface area contributed by atoms with Gasteiger partial charge >= 0.3 is 6.09 Å². The fourth-order valence-electron chi connectivity index (χ4n) is 5.39. The number of aromatic nitrogens is 4. The number of amides is 1. The van der Waals surface area contributed by atoms with Crippen LogP contribution in [0.25, 0.3) is 11.4 Å². The van der Waals surface area contributed by atoms with Crippen molar-refractivity contribution in [1.82, 2.24) is 24.6 Å². The van der Waals surface area contributed by atoms with E-state index >= 15 is 0 Å². The highest BCUT2D eigenvalue weighted by Crippen LogP contribution is 2.44. The SMILES string of the molecule is CCCCOC(=O)N1C2CCCC1c1nc(C)nc(-c3ccnn3C3CCCCO3)c1C2. The molecule has 2 aromatic rings. The van der Waals surface area contributed by atoms with Crippen molar-refractivity contribution in [2.24, 2.45) is 0 Å². The van der Waals surface area contributed by atoms with Crippen LogP contribution in [0.5, 0.6) is 0 Å². The summed E-state index contributed by atoms with van der Waals surface area (Å²) >= 11 is 0. The van der Waals surface area contributed by atoms with Crippen LogP contribution in [0.15, 0.2) is 12.3 Å². The van der Waals surface area contributed by atoms with Crippen LogP contribution in [0.4, 0.5) is 4.79 Å². The molecule has 0 radical (unpaired) electrons. The van der Waals surface area contributed by atoms with Crippen LogP contribution >= 0.6 is 0 Å². The van der Waals surface area contributed by atoms with Gasteiger partial charge in [-0.2, -0.15) is 5.10 Å². The highest BCUT2D eigenvalue weighted by atomic mass is 16.6. The number of nitrogens with zero attached hydrogens (tertiary/aromatic N) is 5. The maximum Gasteiger partial charge on any atom is 0.410 e. The number of carbonyl (C=O) groups excluding carboxylic acids is 1. The second-order valence-corrected chi connectivity index (χ2v) is 9.15. The van der Waals surface area contributed by atoms with Crippen LogP contribution in [0.1, 0.15) is 87.6 Å². The third-order valence-electron chi connectivity index (χ3n) is 6.93. The van der Waals surface area contributed by atoms with E-state index in [1.807, 2.05) is 28.8 Å². The summed E-state index contributed by atoms with van der Waals surface area (Å²) in [4.78, 5) is 24.7. The molecule has 0 aromatic carbocycles. The number of piperidine rings is 1. The van der Waals surface area contributed by atoms with E-state index in [2.05, 4.69) is 12.0 Å². The van der Waals surface area contributed by atoms with Crippen molar-refractivity contribution < 1.29 is 14.3 Å². The summed E-state index contributed by atoms with van der Waals surface area (Å²) in [5.74, 6) is 0.722. The molecule has 5 heterocycles. The number of hydrogen-bond donors (Lipinski definition) is 0. The number of rotatable bonds is 5. The Morgan fingerprint density at radius 3 is 2.94 bits per heavy atom. The molecule has 3 aliphatic rings. The van der Waals surface area contributed by atoms with Crippen molar-refractivity contribution in [3.63, 3.8) is 0 Å². The Morgan fingerprint density at radius 2 is 2.12 bits per heavy atom. The van der Waals surface area contributed by atoms with Gasteiger partial charge in [-0.15, -0.1) is 0 Å². The summed E-state index contributed by atoms with van der Waals surface area (Å²) in [5.41, 5.74) is 4.06. The topological polar surface area (TPSA) is 82.4 Å². The first-order valence-corrected chi connectivity index (χ1v) is 12.2. The molecule has 0 aliphatic carbocycles. The number of hydrogen-bond acceptors (Lipinski definition) is 6. The minimum Gasteiger partial charge on any atom is -0.449 e. The quantitative estimate of drug-likeness (QED) is 0.626. The van der Waals surface area contributed by atoms with Crippen LogP contribution in [0.3, 0.4) is 0 Å². The van der Waals surface area contributed by atoms with Crippen LogP contribution in [-0.2, 0) is 15.9 Å². The normalized spacial score (nSPS) is 24.8. The minimum atomic E-state index is -0.197. The Balaban J connectivity index is 1.51. The van der Waals surface area contributed by atoms with E-state index in [0.717, 1.165) is 92.9 Å². The standard InChI is InChI=1S/C24H33N5O3/c1-3-4-13-32-24(30)28-17-8-7-9-19(28)22-18(15-17)23(27-16(2)26-22)20-11-12-25-29(20)21-10-5-6-14-31-21/h11-12,17,19,21H,3-10,13-15H2,1-2H3. The first-order valence-electron chi connectivity index (χ1n) is 12.2. The van der Waals surface area contributed by atoms with Gasteiger partial charge in [-0.3, -0.25) is 4.90 Å². The average molecular weight is 440 g/mol. The largest absolute Gasteiger partial charge is 0.449 e. The molecule has 8 nitrogen and oxygen atoms in total. The van der Waals surface area contributed by atoms with Gasteiger partial charge in [0.15, 0.2) is 6.23 Å². The van der Waals surface area contributed by atoms with Crippen molar-refractivity contribution in [2.45, 2.75) is 89.9 Å². The van der Waals surface area contributed by atoms with E-state index in [0.29, 0.717) is 6.61 Å². The Hall–Kier alpha value is -2.48. The van der Waals surface area contributed by atoms with Crippen molar-refractivity contribution in [2.75, 3.05) is 13.2 Å². The van der Waals surface area contributed by atoms with Gasteiger partial charge in [0.1, 0.15) is 5.82 Å². The Kier molecular flexibility index (Phi) is 6.13. The smallest absolute Gasteiger partial charge is 0.410 e. The molecule has 5 rings (SSSR count). The van der Waals surface area contributed by atoms with Crippen molar-refractivity contribution in [3.8, 4) is 11.4 Å². The molecule has 2 aromatic heterocycles. The van der Waals surface area contributed by atoms with Crippen LogP contribution < -0.4 is 0 Å². The van der Waals surface area contributed by atoms with Crippen LogP contribution in [0, 0.1) is 6.92 Å². The van der Waals surface area contributed by atoms with Crippen molar-refractivity contribution in [1.29, 1.82) is 0 Å². The van der Waals surface area contributed by atoms with Gasteiger partial charge in [-0.05, 0) is 64.4 Å². The number of ether oxygens (including phenoxy) is 2. The first kappa shape index (κ1) is 21.4. The zero-order chi connectivity index (χ0) is 22.1. The molecule has 2 bridgehead atoms. The maximum atomic E-state index is 13.0. The number of aryl methyl sites for hydroxylation is 1. The molecular formula is C24H33N5O3. The molecular weight excluding hydrogens is 406 g/mol. The summed E-state index contributed by atoms with van der Waals surface area (Å²) < 4.78 is 13.6. The lowest BCUT2D eigenvalue weighted by atomic mass is 9.82. The molecule has 1 amide bonds. The second kappa shape index (κ2) is 9.17. The molecule has 2 fully saturated rings. The molecule has 0 saturated carbocycles. The van der Waals surface area contributed by atoms with E-state index in [1.54, 1.807) is 0 Å². The van der Waals surface area contributed by atoms with Gasteiger partial charge < -0.3 is 9.47 Å².